The summed E-state index contributed by atoms with van der Waals surface area (Å²) < 4.78 is 40.3. The average molecular weight is 387 g/mol. The van der Waals surface area contributed by atoms with Crippen molar-refractivity contribution in [2.24, 2.45) is 0 Å². The first-order chi connectivity index (χ1) is 13.4. The number of benzene rings is 1. The van der Waals surface area contributed by atoms with Gasteiger partial charge in [-0.3, -0.25) is 9.78 Å². The molecule has 0 bridgehead atoms. The summed E-state index contributed by atoms with van der Waals surface area (Å²) >= 11 is 0. The molecule has 3 heterocycles. The lowest BCUT2D eigenvalue weighted by Gasteiger charge is -2.32. The fourth-order valence-electron chi connectivity index (χ4n) is 3.10. The summed E-state index contributed by atoms with van der Waals surface area (Å²) in [7, 11) is 0. The Bertz CT molecular complexity index is 1020. The molecule has 1 aliphatic heterocycles. The molecule has 0 spiro atoms. The monoisotopic (exact) mass is 387 g/mol. The highest BCUT2D eigenvalue weighted by molar-refractivity contribution is 6.07. The molecule has 0 unspecified atom stereocenters. The lowest BCUT2D eigenvalue weighted by molar-refractivity contribution is -0.0221. The van der Waals surface area contributed by atoms with Gasteiger partial charge >= 0.3 is 0 Å². The Labute approximate surface area is 158 Å². The number of rotatable bonds is 3. The van der Waals surface area contributed by atoms with Gasteiger partial charge in [0, 0.05) is 37.5 Å². The van der Waals surface area contributed by atoms with Crippen LogP contribution >= 0.6 is 0 Å². The fraction of sp³-hybridized carbons (Fsp3) is 0.263. The number of hydrogen-bond donors (Lipinski definition) is 1. The van der Waals surface area contributed by atoms with E-state index < -0.39 is 17.6 Å². The van der Waals surface area contributed by atoms with Gasteiger partial charge in [-0.05, 0) is 18.2 Å². The van der Waals surface area contributed by atoms with Crippen molar-refractivity contribution >= 4 is 28.3 Å². The van der Waals surface area contributed by atoms with Crippen molar-refractivity contribution in [3.8, 4) is 0 Å². The van der Waals surface area contributed by atoms with Crippen LogP contribution in [-0.4, -0.2) is 39.9 Å². The highest BCUT2D eigenvalue weighted by Gasteiger charge is 2.34. The summed E-state index contributed by atoms with van der Waals surface area (Å²) in [6, 6.07) is 5.88. The number of alkyl halides is 2. The average Bonchev–Trinajstić information content (AvgIpc) is 2.68. The van der Waals surface area contributed by atoms with Crippen molar-refractivity contribution in [3.63, 3.8) is 0 Å². The van der Waals surface area contributed by atoms with Crippen molar-refractivity contribution in [3.05, 3.63) is 54.4 Å². The summed E-state index contributed by atoms with van der Waals surface area (Å²) in [5.74, 6) is -3.28. The minimum Gasteiger partial charge on any atom is -0.355 e. The van der Waals surface area contributed by atoms with E-state index in [-0.39, 0.29) is 37.3 Å². The van der Waals surface area contributed by atoms with Crippen LogP contribution in [0.3, 0.4) is 0 Å². The third kappa shape index (κ3) is 3.73. The molecule has 2 aromatic heterocycles. The Balaban J connectivity index is 1.50. The predicted molar refractivity (Wildman–Crippen MR) is 98.1 cm³/mol. The summed E-state index contributed by atoms with van der Waals surface area (Å²) in [5, 5.41) is 3.15. The Hall–Kier alpha value is -3.23. The van der Waals surface area contributed by atoms with Gasteiger partial charge in [0.15, 0.2) is 0 Å². The second-order valence-electron chi connectivity index (χ2n) is 6.59. The molecule has 144 valence electrons. The molecule has 1 fully saturated rings. The Kier molecular flexibility index (Phi) is 4.58. The van der Waals surface area contributed by atoms with Gasteiger partial charge < -0.3 is 10.2 Å². The number of carbonyl (C=O) groups is 1. The van der Waals surface area contributed by atoms with Gasteiger partial charge in [0.1, 0.15) is 17.3 Å². The van der Waals surface area contributed by atoms with Gasteiger partial charge in [0.25, 0.3) is 11.8 Å². The number of hydrogen-bond acceptors (Lipinski definition) is 5. The molecule has 3 aromatic rings. The van der Waals surface area contributed by atoms with E-state index >= 15 is 0 Å². The number of piperidine rings is 1. The lowest BCUT2D eigenvalue weighted by Crippen LogP contribution is -2.39. The third-order valence-corrected chi connectivity index (χ3v) is 4.61. The molecule has 0 aliphatic carbocycles. The Morgan fingerprint density at radius 3 is 2.61 bits per heavy atom. The van der Waals surface area contributed by atoms with E-state index in [2.05, 4.69) is 20.3 Å². The summed E-state index contributed by atoms with van der Waals surface area (Å²) in [4.78, 5) is 26.6. The first-order valence-electron chi connectivity index (χ1n) is 8.72. The number of nitrogens with zero attached hydrogens (tertiary/aromatic N) is 4. The Morgan fingerprint density at radius 2 is 1.89 bits per heavy atom. The SMILES string of the molecule is O=C(Nc1cc(F)cc2cccnc12)c1cnc(N2CCC(F)(F)CC2)cn1. The third-order valence-electron chi connectivity index (χ3n) is 4.61. The number of aromatic nitrogens is 3. The molecule has 0 saturated carbocycles. The van der Waals surface area contributed by atoms with E-state index in [9.17, 15) is 18.0 Å². The predicted octanol–water partition coefficient (Wildman–Crippen LogP) is 3.65. The Morgan fingerprint density at radius 1 is 1.11 bits per heavy atom. The van der Waals surface area contributed by atoms with Crippen LogP contribution in [0.2, 0.25) is 0 Å². The van der Waals surface area contributed by atoms with Gasteiger partial charge in [0.2, 0.25) is 0 Å². The van der Waals surface area contributed by atoms with E-state index in [1.807, 2.05) is 0 Å². The molecular weight excluding hydrogens is 371 g/mol. The van der Waals surface area contributed by atoms with Crippen LogP contribution in [-0.2, 0) is 0 Å². The molecule has 28 heavy (non-hydrogen) atoms. The van der Waals surface area contributed by atoms with E-state index in [4.69, 9.17) is 0 Å². The molecule has 0 radical (unpaired) electrons. The van der Waals surface area contributed by atoms with Gasteiger partial charge in [-0.15, -0.1) is 0 Å². The van der Waals surface area contributed by atoms with Crippen molar-refractivity contribution in [1.82, 2.24) is 15.0 Å². The molecular formula is C19H16F3N5O. The number of carbonyl (C=O) groups excluding carboxylic acids is 1. The molecule has 1 saturated heterocycles. The van der Waals surface area contributed by atoms with E-state index in [0.717, 1.165) is 0 Å². The van der Waals surface area contributed by atoms with Crippen LogP contribution in [0.1, 0.15) is 23.3 Å². The topological polar surface area (TPSA) is 71.0 Å². The van der Waals surface area contributed by atoms with Crippen LogP contribution in [0.4, 0.5) is 24.7 Å². The maximum atomic E-state index is 13.8. The van der Waals surface area contributed by atoms with Gasteiger partial charge in [-0.2, -0.15) is 0 Å². The fourth-order valence-corrected chi connectivity index (χ4v) is 3.10. The van der Waals surface area contributed by atoms with Crippen molar-refractivity contribution in [1.29, 1.82) is 0 Å². The molecule has 1 N–H and O–H groups in total. The first kappa shape index (κ1) is 18.1. The largest absolute Gasteiger partial charge is 0.355 e. The van der Waals surface area contributed by atoms with Crippen LogP contribution < -0.4 is 10.2 Å². The van der Waals surface area contributed by atoms with Gasteiger partial charge in [-0.25, -0.2) is 23.1 Å². The van der Waals surface area contributed by atoms with Crippen LogP contribution in [0.5, 0.6) is 0 Å². The molecule has 0 atom stereocenters. The standard InChI is InChI=1S/C19H16F3N5O/c20-13-8-12-2-1-5-23-17(12)14(9-13)26-18(28)15-10-25-16(11-24-15)27-6-3-19(21,22)4-7-27/h1-2,5,8-11H,3-4,6-7H2,(H,26,28). The molecule has 1 amide bonds. The van der Waals surface area contributed by atoms with Crippen molar-refractivity contribution in [2.75, 3.05) is 23.3 Å². The molecule has 6 nitrogen and oxygen atoms in total. The zero-order chi connectivity index (χ0) is 19.7. The zero-order valence-electron chi connectivity index (χ0n) is 14.7. The maximum absolute atomic E-state index is 13.8. The summed E-state index contributed by atoms with van der Waals surface area (Å²) in [6.07, 6.45) is 3.71. The number of amides is 1. The van der Waals surface area contributed by atoms with Crippen LogP contribution in [0.25, 0.3) is 10.9 Å². The van der Waals surface area contributed by atoms with Gasteiger partial charge in [0.05, 0.1) is 23.6 Å². The highest BCUT2D eigenvalue weighted by atomic mass is 19.3. The minimum absolute atomic E-state index is 0.0273. The number of pyridine rings is 1. The number of halogens is 3. The molecule has 4 rings (SSSR count). The summed E-state index contributed by atoms with van der Waals surface area (Å²) in [5.41, 5.74) is 0.709. The summed E-state index contributed by atoms with van der Waals surface area (Å²) in [6.45, 7) is 0.350. The van der Waals surface area contributed by atoms with Crippen molar-refractivity contribution < 1.29 is 18.0 Å². The first-order valence-corrected chi connectivity index (χ1v) is 8.72. The van der Waals surface area contributed by atoms with E-state index in [1.54, 1.807) is 23.2 Å². The molecule has 1 aliphatic rings. The number of nitrogens with one attached hydrogen (secondary N) is 1. The maximum Gasteiger partial charge on any atom is 0.275 e. The quantitative estimate of drug-likeness (QED) is 0.743. The zero-order valence-corrected chi connectivity index (χ0v) is 14.7. The lowest BCUT2D eigenvalue weighted by atomic mass is 10.1. The normalized spacial score (nSPS) is 16.2. The van der Waals surface area contributed by atoms with Crippen LogP contribution in [0.15, 0.2) is 42.9 Å². The second-order valence-corrected chi connectivity index (χ2v) is 6.59. The van der Waals surface area contributed by atoms with E-state index in [0.29, 0.717) is 16.7 Å². The van der Waals surface area contributed by atoms with Gasteiger partial charge in [-0.1, -0.05) is 6.07 Å². The smallest absolute Gasteiger partial charge is 0.275 e. The van der Waals surface area contributed by atoms with Crippen molar-refractivity contribution in [2.45, 2.75) is 18.8 Å². The number of anilines is 2. The molecule has 9 heteroatoms. The van der Waals surface area contributed by atoms with Crippen LogP contribution in [0, 0.1) is 5.82 Å². The minimum atomic E-state index is -2.65. The van der Waals surface area contributed by atoms with E-state index in [1.165, 1.54) is 24.5 Å². The highest BCUT2D eigenvalue weighted by Crippen LogP contribution is 2.29. The molecule has 1 aromatic carbocycles. The number of fused-ring (bicyclic) bond motifs is 1. The second kappa shape index (κ2) is 7.06.